The van der Waals surface area contributed by atoms with Gasteiger partial charge < -0.3 is 4.90 Å². The number of primary sulfonamides is 1. The number of hydrogen-bond acceptors (Lipinski definition) is 6. The zero-order chi connectivity index (χ0) is 19.7. The van der Waals surface area contributed by atoms with Gasteiger partial charge in [-0.3, -0.25) is 9.78 Å². The number of hydrogen-bond donors (Lipinski definition) is 1. The van der Waals surface area contributed by atoms with Gasteiger partial charge in [-0.15, -0.1) is 0 Å². The molecule has 2 heterocycles. The van der Waals surface area contributed by atoms with Crippen molar-refractivity contribution in [1.29, 1.82) is 0 Å². The van der Waals surface area contributed by atoms with Crippen molar-refractivity contribution in [1.82, 2.24) is 14.2 Å². The number of benzene rings is 1. The van der Waals surface area contributed by atoms with Gasteiger partial charge in [0, 0.05) is 38.6 Å². The van der Waals surface area contributed by atoms with Crippen LogP contribution in [-0.4, -0.2) is 63.1 Å². The quantitative estimate of drug-likeness (QED) is 0.747. The highest BCUT2D eigenvalue weighted by molar-refractivity contribution is 7.89. The Hall–Kier alpha value is -2.34. The van der Waals surface area contributed by atoms with Gasteiger partial charge in [0.15, 0.2) is 0 Å². The van der Waals surface area contributed by atoms with Gasteiger partial charge in [0.05, 0.1) is 15.4 Å². The molecule has 0 aliphatic carbocycles. The van der Waals surface area contributed by atoms with Gasteiger partial charge >= 0.3 is 0 Å². The largest absolute Gasteiger partial charge is 0.336 e. The van der Waals surface area contributed by atoms with E-state index in [-0.39, 0.29) is 41.9 Å². The molecule has 1 fully saturated rings. The summed E-state index contributed by atoms with van der Waals surface area (Å²) >= 11 is 0. The molecule has 3 rings (SSSR count). The smallest absolute Gasteiger partial charge is 0.255 e. The molecule has 0 radical (unpaired) electrons. The van der Waals surface area contributed by atoms with E-state index in [9.17, 15) is 21.6 Å². The highest BCUT2D eigenvalue weighted by Gasteiger charge is 2.30. The fraction of sp³-hybridized carbons (Fsp3) is 0.250. The average molecular weight is 410 g/mol. The molecule has 0 unspecified atom stereocenters. The number of rotatable bonds is 4. The molecule has 1 aliphatic heterocycles. The van der Waals surface area contributed by atoms with Gasteiger partial charge in [0.1, 0.15) is 0 Å². The minimum Gasteiger partial charge on any atom is -0.336 e. The zero-order valence-electron chi connectivity index (χ0n) is 14.2. The molecule has 2 aromatic rings. The summed E-state index contributed by atoms with van der Waals surface area (Å²) in [5.74, 6) is -0.197. The molecule has 1 aromatic heterocycles. The van der Waals surface area contributed by atoms with E-state index in [0.717, 1.165) is 12.1 Å². The summed E-state index contributed by atoms with van der Waals surface area (Å²) in [4.78, 5) is 17.7. The first-order valence-corrected chi connectivity index (χ1v) is 11.0. The SMILES string of the molecule is NS(=O)(=O)c1ccc(S(=O)(=O)N2CCN(C(=O)c3cccnc3)CC2)cc1. The van der Waals surface area contributed by atoms with Crippen molar-refractivity contribution in [2.24, 2.45) is 5.14 Å². The monoisotopic (exact) mass is 410 g/mol. The minimum absolute atomic E-state index is 0.0260. The molecular formula is C16H18N4O5S2. The molecule has 1 saturated heterocycles. The number of amides is 1. The number of piperazine rings is 1. The van der Waals surface area contributed by atoms with Gasteiger partial charge in [-0.2, -0.15) is 4.31 Å². The van der Waals surface area contributed by atoms with E-state index in [1.807, 2.05) is 0 Å². The van der Waals surface area contributed by atoms with E-state index in [4.69, 9.17) is 5.14 Å². The third-order valence-corrected chi connectivity index (χ3v) is 7.07. The molecular weight excluding hydrogens is 392 g/mol. The van der Waals surface area contributed by atoms with E-state index >= 15 is 0 Å². The second-order valence-electron chi connectivity index (χ2n) is 5.95. The van der Waals surface area contributed by atoms with Crippen LogP contribution in [0.1, 0.15) is 10.4 Å². The van der Waals surface area contributed by atoms with E-state index in [1.54, 1.807) is 23.2 Å². The van der Waals surface area contributed by atoms with Gasteiger partial charge in [-0.1, -0.05) is 0 Å². The average Bonchev–Trinajstić information content (AvgIpc) is 2.67. The lowest BCUT2D eigenvalue weighted by atomic mass is 10.2. The molecule has 0 bridgehead atoms. The summed E-state index contributed by atoms with van der Waals surface area (Å²) in [5.41, 5.74) is 0.451. The van der Waals surface area contributed by atoms with Crippen LogP contribution >= 0.6 is 0 Å². The Kier molecular flexibility index (Phi) is 5.29. The first-order valence-electron chi connectivity index (χ1n) is 8.02. The number of pyridine rings is 1. The summed E-state index contributed by atoms with van der Waals surface area (Å²) in [6.07, 6.45) is 3.04. The van der Waals surface area contributed by atoms with E-state index < -0.39 is 20.0 Å². The fourth-order valence-corrected chi connectivity index (χ4v) is 4.69. The van der Waals surface area contributed by atoms with Gasteiger partial charge in [0.25, 0.3) is 5.91 Å². The zero-order valence-corrected chi connectivity index (χ0v) is 15.9. The molecule has 0 atom stereocenters. The molecule has 144 valence electrons. The topological polar surface area (TPSA) is 131 Å². The first-order chi connectivity index (χ1) is 12.7. The van der Waals surface area contributed by atoms with Crippen LogP contribution in [0.5, 0.6) is 0 Å². The maximum absolute atomic E-state index is 12.7. The Balaban J connectivity index is 1.70. The highest BCUT2D eigenvalue weighted by atomic mass is 32.2. The predicted molar refractivity (Wildman–Crippen MR) is 96.7 cm³/mol. The Bertz CT molecular complexity index is 1030. The number of nitrogens with zero attached hydrogens (tertiary/aromatic N) is 3. The molecule has 11 heteroatoms. The van der Waals surface area contributed by atoms with Crippen molar-refractivity contribution in [2.75, 3.05) is 26.2 Å². The van der Waals surface area contributed by atoms with Crippen molar-refractivity contribution < 1.29 is 21.6 Å². The second kappa shape index (κ2) is 7.35. The van der Waals surface area contributed by atoms with Gasteiger partial charge in [-0.05, 0) is 36.4 Å². The van der Waals surface area contributed by atoms with Crippen molar-refractivity contribution in [3.05, 3.63) is 54.4 Å². The second-order valence-corrected chi connectivity index (χ2v) is 9.45. The summed E-state index contributed by atoms with van der Waals surface area (Å²) in [6.45, 7) is 0.793. The van der Waals surface area contributed by atoms with Crippen LogP contribution < -0.4 is 5.14 Å². The minimum atomic E-state index is -3.89. The number of carbonyl (C=O) groups excluding carboxylic acids is 1. The Morgan fingerprint density at radius 1 is 0.926 bits per heavy atom. The third-order valence-electron chi connectivity index (χ3n) is 4.22. The summed E-state index contributed by atoms with van der Waals surface area (Å²) in [7, 11) is -7.68. The maximum atomic E-state index is 12.7. The summed E-state index contributed by atoms with van der Waals surface area (Å²) in [6, 6.07) is 8.06. The van der Waals surface area contributed by atoms with E-state index in [1.165, 1.54) is 22.6 Å². The lowest BCUT2D eigenvalue weighted by Crippen LogP contribution is -2.50. The van der Waals surface area contributed by atoms with Crippen LogP contribution in [0.15, 0.2) is 58.6 Å². The summed E-state index contributed by atoms with van der Waals surface area (Å²) in [5, 5.41) is 5.02. The third kappa shape index (κ3) is 4.16. The Morgan fingerprint density at radius 3 is 2.04 bits per heavy atom. The van der Waals surface area contributed by atoms with Crippen LogP contribution in [0.4, 0.5) is 0 Å². The Labute approximate surface area is 157 Å². The molecule has 1 aliphatic rings. The number of carbonyl (C=O) groups is 1. The molecule has 0 saturated carbocycles. The normalized spacial score (nSPS) is 16.3. The van der Waals surface area contributed by atoms with Crippen LogP contribution in [0.2, 0.25) is 0 Å². The van der Waals surface area contributed by atoms with Crippen molar-refractivity contribution in [2.45, 2.75) is 9.79 Å². The molecule has 9 nitrogen and oxygen atoms in total. The standard InChI is InChI=1S/C16H18N4O5S2/c17-26(22,23)14-3-5-15(6-4-14)27(24,25)20-10-8-19(9-11-20)16(21)13-2-1-7-18-12-13/h1-7,12H,8-11H2,(H2,17,22,23). The maximum Gasteiger partial charge on any atom is 0.255 e. The number of sulfonamides is 2. The number of aromatic nitrogens is 1. The van der Waals surface area contributed by atoms with Crippen LogP contribution in [0.3, 0.4) is 0 Å². The van der Waals surface area contributed by atoms with E-state index in [0.29, 0.717) is 5.56 Å². The molecule has 1 amide bonds. The van der Waals surface area contributed by atoms with Crippen LogP contribution in [-0.2, 0) is 20.0 Å². The lowest BCUT2D eigenvalue weighted by molar-refractivity contribution is 0.0697. The predicted octanol–water partition coefficient (Wildman–Crippen LogP) is -0.124. The van der Waals surface area contributed by atoms with Gasteiger partial charge in [-0.25, -0.2) is 22.0 Å². The fourth-order valence-electron chi connectivity index (χ4n) is 2.75. The molecule has 1 aromatic carbocycles. The van der Waals surface area contributed by atoms with Crippen LogP contribution in [0, 0.1) is 0 Å². The number of nitrogens with two attached hydrogens (primary N) is 1. The van der Waals surface area contributed by atoms with Crippen molar-refractivity contribution in [3.8, 4) is 0 Å². The first kappa shape index (κ1) is 19.4. The van der Waals surface area contributed by atoms with Crippen molar-refractivity contribution >= 4 is 26.0 Å². The van der Waals surface area contributed by atoms with Crippen molar-refractivity contribution in [3.63, 3.8) is 0 Å². The lowest BCUT2D eigenvalue weighted by Gasteiger charge is -2.34. The molecule has 27 heavy (non-hydrogen) atoms. The highest BCUT2D eigenvalue weighted by Crippen LogP contribution is 2.20. The van der Waals surface area contributed by atoms with E-state index in [2.05, 4.69) is 4.98 Å². The van der Waals surface area contributed by atoms with Crippen LogP contribution in [0.25, 0.3) is 0 Å². The summed E-state index contributed by atoms with van der Waals surface area (Å²) < 4.78 is 49.3. The molecule has 0 spiro atoms. The Morgan fingerprint density at radius 2 is 1.52 bits per heavy atom. The molecule has 2 N–H and O–H groups in total. The van der Waals surface area contributed by atoms with Gasteiger partial charge in [0.2, 0.25) is 20.0 Å².